The normalized spacial score (nSPS) is 13.8. The van der Waals surface area contributed by atoms with Gasteiger partial charge in [0.1, 0.15) is 5.82 Å². The highest BCUT2D eigenvalue weighted by Crippen LogP contribution is 2.44. The number of carbonyl (C=O) groups is 2. The predicted molar refractivity (Wildman–Crippen MR) is 152 cm³/mol. The van der Waals surface area contributed by atoms with E-state index in [4.69, 9.17) is 20.6 Å². The van der Waals surface area contributed by atoms with E-state index < -0.39 is 33.3 Å². The van der Waals surface area contributed by atoms with Gasteiger partial charge in [-0.05, 0) is 76.9 Å². The van der Waals surface area contributed by atoms with Gasteiger partial charge in [0, 0.05) is 17.0 Å². The van der Waals surface area contributed by atoms with E-state index in [9.17, 15) is 22.4 Å². The summed E-state index contributed by atoms with van der Waals surface area (Å²) in [6.07, 6.45) is 1.98. The number of halogens is 1. The molecule has 0 bridgehead atoms. The fraction of sp³-hybridized carbons (Fsp3) is 0.310. The first-order valence-corrected chi connectivity index (χ1v) is 14.6. The van der Waals surface area contributed by atoms with Crippen molar-refractivity contribution in [3.05, 3.63) is 71.2 Å². The first-order chi connectivity index (χ1) is 19.3. The zero-order valence-corrected chi connectivity index (χ0v) is 23.9. The summed E-state index contributed by atoms with van der Waals surface area (Å²) in [5.41, 5.74) is 7.06. The molecule has 41 heavy (non-hydrogen) atoms. The SMILES string of the molecule is CCOC(=O)c1cc(-c2ccc(S(=O)(=O)Nc3ccc(C(N)=O)cc3F)cc2)nc2c1c(C1CC1)nn2C(C)(C)C. The van der Waals surface area contributed by atoms with Crippen molar-refractivity contribution in [3.8, 4) is 11.3 Å². The van der Waals surface area contributed by atoms with E-state index in [1.54, 1.807) is 25.1 Å². The fourth-order valence-corrected chi connectivity index (χ4v) is 5.60. The number of hydrogen-bond donors (Lipinski definition) is 2. The molecule has 2 aromatic carbocycles. The molecule has 2 aromatic heterocycles. The molecule has 0 aliphatic heterocycles. The number of hydrogen-bond acceptors (Lipinski definition) is 7. The van der Waals surface area contributed by atoms with Crippen LogP contribution in [0.25, 0.3) is 22.3 Å². The van der Waals surface area contributed by atoms with E-state index in [1.165, 1.54) is 18.2 Å². The van der Waals surface area contributed by atoms with Gasteiger partial charge in [-0.15, -0.1) is 0 Å². The van der Waals surface area contributed by atoms with Gasteiger partial charge in [0.2, 0.25) is 5.91 Å². The van der Waals surface area contributed by atoms with Crippen LogP contribution in [0, 0.1) is 5.82 Å². The van der Waals surface area contributed by atoms with Crippen molar-refractivity contribution in [1.82, 2.24) is 14.8 Å². The number of esters is 1. The Morgan fingerprint density at radius 3 is 2.37 bits per heavy atom. The molecular formula is C29H30FN5O5S. The average molecular weight is 580 g/mol. The number of pyridine rings is 1. The third-order valence-corrected chi connectivity index (χ3v) is 8.10. The molecule has 1 saturated carbocycles. The molecule has 0 atom stereocenters. The number of nitrogens with one attached hydrogen (secondary N) is 1. The molecule has 0 saturated heterocycles. The molecule has 10 nitrogen and oxygen atoms in total. The lowest BCUT2D eigenvalue weighted by Gasteiger charge is -2.20. The zero-order valence-electron chi connectivity index (χ0n) is 23.1. The number of ether oxygens (including phenoxy) is 1. The van der Waals surface area contributed by atoms with E-state index in [-0.39, 0.29) is 28.7 Å². The van der Waals surface area contributed by atoms with Crippen molar-refractivity contribution in [1.29, 1.82) is 0 Å². The van der Waals surface area contributed by atoms with Crippen molar-refractivity contribution in [2.75, 3.05) is 11.3 Å². The van der Waals surface area contributed by atoms with Crippen LogP contribution in [0.5, 0.6) is 0 Å². The summed E-state index contributed by atoms with van der Waals surface area (Å²) in [7, 11) is -4.17. The Morgan fingerprint density at radius 2 is 1.80 bits per heavy atom. The highest BCUT2D eigenvalue weighted by Gasteiger charge is 2.34. The molecule has 214 valence electrons. The second-order valence-corrected chi connectivity index (χ2v) is 12.6. The Labute approximate surface area is 236 Å². The predicted octanol–water partition coefficient (Wildman–Crippen LogP) is 4.95. The molecule has 0 unspecified atom stereocenters. The fourth-order valence-electron chi connectivity index (χ4n) is 4.53. The van der Waals surface area contributed by atoms with Gasteiger partial charge in [0.25, 0.3) is 10.0 Å². The van der Waals surface area contributed by atoms with E-state index >= 15 is 0 Å². The lowest BCUT2D eigenvalue weighted by molar-refractivity contribution is 0.0528. The van der Waals surface area contributed by atoms with Crippen LogP contribution in [0.3, 0.4) is 0 Å². The number of benzene rings is 2. The maximum Gasteiger partial charge on any atom is 0.339 e. The Bertz CT molecular complexity index is 1790. The number of sulfonamides is 1. The quantitative estimate of drug-likeness (QED) is 0.281. The van der Waals surface area contributed by atoms with Gasteiger partial charge in [-0.1, -0.05) is 12.1 Å². The first-order valence-electron chi connectivity index (χ1n) is 13.1. The Morgan fingerprint density at radius 1 is 1.12 bits per heavy atom. The van der Waals surface area contributed by atoms with Crippen LogP contribution in [0.2, 0.25) is 0 Å². The molecule has 4 aromatic rings. The summed E-state index contributed by atoms with van der Waals surface area (Å²) < 4.78 is 49.8. The van der Waals surface area contributed by atoms with Gasteiger partial charge >= 0.3 is 5.97 Å². The maximum atomic E-state index is 14.4. The summed E-state index contributed by atoms with van der Waals surface area (Å²) in [6.45, 7) is 7.96. The minimum absolute atomic E-state index is 0.0847. The summed E-state index contributed by atoms with van der Waals surface area (Å²) in [5.74, 6) is -1.99. The average Bonchev–Trinajstić information content (AvgIpc) is 3.68. The molecule has 1 amide bonds. The molecule has 1 fully saturated rings. The van der Waals surface area contributed by atoms with Gasteiger partial charge in [-0.25, -0.2) is 27.3 Å². The zero-order chi connectivity index (χ0) is 29.7. The number of nitrogens with zero attached hydrogens (tertiary/aromatic N) is 3. The minimum atomic E-state index is -4.17. The molecule has 3 N–H and O–H groups in total. The molecule has 0 spiro atoms. The van der Waals surface area contributed by atoms with E-state index in [2.05, 4.69) is 4.72 Å². The number of rotatable bonds is 8. The summed E-state index contributed by atoms with van der Waals surface area (Å²) in [4.78, 5) is 29.1. The standard InChI is InChI=1S/C29H30FN5O5S/c1-5-40-28(37)20-15-23(32-27-24(20)25(17-6-7-17)33-35(27)29(2,3)4)16-8-11-19(12-9-16)41(38,39)34-22-13-10-18(26(31)36)14-21(22)30/h8-15,17,34H,5-7H2,1-4H3,(H2,31,36). The van der Waals surface area contributed by atoms with Crippen LogP contribution in [0.1, 0.15) is 72.9 Å². The topological polar surface area (TPSA) is 146 Å². The van der Waals surface area contributed by atoms with Gasteiger partial charge in [-0.3, -0.25) is 9.52 Å². The van der Waals surface area contributed by atoms with Gasteiger partial charge in [0.15, 0.2) is 5.65 Å². The van der Waals surface area contributed by atoms with Crippen LogP contribution in [-0.4, -0.2) is 41.7 Å². The summed E-state index contributed by atoms with van der Waals surface area (Å²) >= 11 is 0. The largest absolute Gasteiger partial charge is 0.462 e. The number of nitrogens with two attached hydrogens (primary N) is 1. The van der Waals surface area contributed by atoms with Crippen molar-refractivity contribution in [2.45, 2.75) is 56.9 Å². The van der Waals surface area contributed by atoms with Crippen molar-refractivity contribution in [2.24, 2.45) is 5.73 Å². The number of fused-ring (bicyclic) bond motifs is 1. The van der Waals surface area contributed by atoms with E-state index in [1.807, 2.05) is 25.5 Å². The van der Waals surface area contributed by atoms with E-state index in [0.717, 1.165) is 30.7 Å². The highest BCUT2D eigenvalue weighted by molar-refractivity contribution is 7.92. The van der Waals surface area contributed by atoms with Crippen molar-refractivity contribution < 1.29 is 27.1 Å². The van der Waals surface area contributed by atoms with Crippen molar-refractivity contribution in [3.63, 3.8) is 0 Å². The second-order valence-electron chi connectivity index (χ2n) is 10.9. The smallest absolute Gasteiger partial charge is 0.339 e. The Balaban J connectivity index is 1.55. The lowest BCUT2D eigenvalue weighted by Crippen LogP contribution is -2.23. The van der Waals surface area contributed by atoms with Crippen LogP contribution < -0.4 is 10.5 Å². The van der Waals surface area contributed by atoms with Gasteiger partial charge in [0.05, 0.1) is 45.1 Å². The molecule has 12 heteroatoms. The second kappa shape index (κ2) is 10.3. The number of aromatic nitrogens is 3. The molecule has 0 radical (unpaired) electrons. The van der Waals surface area contributed by atoms with Crippen LogP contribution >= 0.6 is 0 Å². The third kappa shape index (κ3) is 5.51. The molecule has 2 heterocycles. The van der Waals surface area contributed by atoms with E-state index in [0.29, 0.717) is 27.9 Å². The van der Waals surface area contributed by atoms with Crippen LogP contribution in [0.15, 0.2) is 53.4 Å². The first kappa shape index (κ1) is 28.2. The number of carbonyl (C=O) groups excluding carboxylic acids is 2. The Hall–Kier alpha value is -4.32. The van der Waals surface area contributed by atoms with Gasteiger partial charge < -0.3 is 10.5 Å². The van der Waals surface area contributed by atoms with Crippen LogP contribution in [-0.2, 0) is 20.3 Å². The number of primary amides is 1. The van der Waals surface area contributed by atoms with Crippen molar-refractivity contribution >= 4 is 38.6 Å². The minimum Gasteiger partial charge on any atom is -0.462 e. The molecular weight excluding hydrogens is 549 g/mol. The van der Waals surface area contributed by atoms with Crippen LogP contribution in [0.4, 0.5) is 10.1 Å². The Kier molecular flexibility index (Phi) is 7.06. The number of amides is 1. The summed E-state index contributed by atoms with van der Waals surface area (Å²) in [6, 6.07) is 10.7. The molecule has 5 rings (SSSR count). The molecule has 1 aliphatic rings. The molecule has 1 aliphatic carbocycles. The highest BCUT2D eigenvalue weighted by atomic mass is 32.2. The maximum absolute atomic E-state index is 14.4. The third-order valence-electron chi connectivity index (χ3n) is 6.72. The summed E-state index contributed by atoms with van der Waals surface area (Å²) in [5, 5.41) is 5.55. The lowest BCUT2D eigenvalue weighted by atomic mass is 10.0. The monoisotopic (exact) mass is 579 g/mol. The number of anilines is 1. The van der Waals surface area contributed by atoms with Gasteiger partial charge in [-0.2, -0.15) is 5.10 Å².